The van der Waals surface area contributed by atoms with Crippen molar-refractivity contribution < 1.29 is 19.1 Å². The van der Waals surface area contributed by atoms with Gasteiger partial charge in [-0.2, -0.15) is 5.10 Å². The molecule has 0 fully saturated rings. The third-order valence-corrected chi connectivity index (χ3v) is 3.96. The third-order valence-electron chi connectivity index (χ3n) is 3.96. The van der Waals surface area contributed by atoms with Gasteiger partial charge in [0.05, 0.1) is 12.5 Å². The topological polar surface area (TPSA) is 77.0 Å². The number of rotatable bonds is 8. The highest BCUT2D eigenvalue weighted by Crippen LogP contribution is 2.21. The van der Waals surface area contributed by atoms with Crippen molar-refractivity contribution >= 4 is 17.6 Å². The molecule has 1 unspecified atom stereocenters. The standard InChI is InChI=1S/C21H24N2O4/c1-4-26-21(25)15(2)16(3)22-23-20(24)14-27-19-12-10-18(11-13-19)17-8-6-5-7-9-17/h5-13,15H,4,14H2,1-3H3,(H,23,24)/b22-16+. The lowest BCUT2D eigenvalue weighted by Crippen LogP contribution is -2.28. The van der Waals surface area contributed by atoms with Crippen LogP contribution in [0.15, 0.2) is 59.7 Å². The fraction of sp³-hybridized carbons (Fsp3) is 0.286. The number of amides is 1. The summed E-state index contributed by atoms with van der Waals surface area (Å²) in [5.41, 5.74) is 5.03. The van der Waals surface area contributed by atoms with Gasteiger partial charge in [-0.15, -0.1) is 0 Å². The van der Waals surface area contributed by atoms with Gasteiger partial charge in [-0.05, 0) is 44.0 Å². The maximum atomic E-state index is 11.9. The van der Waals surface area contributed by atoms with Crippen LogP contribution in [0.25, 0.3) is 11.1 Å². The molecule has 142 valence electrons. The first kappa shape index (κ1) is 20.2. The summed E-state index contributed by atoms with van der Waals surface area (Å²) < 4.78 is 10.4. The molecule has 0 aliphatic rings. The zero-order chi connectivity index (χ0) is 19.6. The van der Waals surface area contributed by atoms with Crippen molar-refractivity contribution in [2.45, 2.75) is 20.8 Å². The minimum absolute atomic E-state index is 0.171. The number of ether oxygens (including phenoxy) is 2. The predicted molar refractivity (Wildman–Crippen MR) is 104 cm³/mol. The molecule has 0 aromatic heterocycles. The molecule has 2 rings (SSSR count). The smallest absolute Gasteiger partial charge is 0.314 e. The van der Waals surface area contributed by atoms with Crippen LogP contribution in [0, 0.1) is 5.92 Å². The summed E-state index contributed by atoms with van der Waals surface area (Å²) in [6.45, 7) is 5.20. The van der Waals surface area contributed by atoms with Crippen molar-refractivity contribution in [3.05, 3.63) is 54.6 Å². The molecule has 27 heavy (non-hydrogen) atoms. The van der Waals surface area contributed by atoms with Crippen LogP contribution in [-0.4, -0.2) is 30.8 Å². The lowest BCUT2D eigenvalue weighted by atomic mass is 10.1. The summed E-state index contributed by atoms with van der Waals surface area (Å²) in [6, 6.07) is 17.5. The Balaban J connectivity index is 1.83. The maximum Gasteiger partial charge on any atom is 0.314 e. The molecule has 2 aromatic carbocycles. The Labute approximate surface area is 159 Å². The molecule has 1 N–H and O–H groups in total. The van der Waals surface area contributed by atoms with Crippen LogP contribution in [-0.2, 0) is 14.3 Å². The summed E-state index contributed by atoms with van der Waals surface area (Å²) in [6.07, 6.45) is 0. The number of esters is 1. The fourth-order valence-electron chi connectivity index (χ4n) is 2.24. The van der Waals surface area contributed by atoms with Gasteiger partial charge in [0.25, 0.3) is 5.91 Å². The molecular weight excluding hydrogens is 344 g/mol. The second kappa shape index (κ2) is 10.1. The van der Waals surface area contributed by atoms with Crippen molar-refractivity contribution in [3.63, 3.8) is 0 Å². The van der Waals surface area contributed by atoms with Crippen molar-refractivity contribution in [2.24, 2.45) is 11.0 Å². The zero-order valence-corrected chi connectivity index (χ0v) is 15.8. The molecule has 0 saturated carbocycles. The van der Waals surface area contributed by atoms with E-state index in [0.717, 1.165) is 11.1 Å². The Morgan fingerprint density at radius 2 is 1.67 bits per heavy atom. The van der Waals surface area contributed by atoms with Gasteiger partial charge in [-0.25, -0.2) is 5.43 Å². The number of nitrogens with one attached hydrogen (secondary N) is 1. The molecule has 0 aliphatic carbocycles. The predicted octanol–water partition coefficient (Wildman–Crippen LogP) is 3.42. The lowest BCUT2D eigenvalue weighted by Gasteiger charge is -2.10. The zero-order valence-electron chi connectivity index (χ0n) is 15.8. The van der Waals surface area contributed by atoms with E-state index in [1.165, 1.54) is 0 Å². The van der Waals surface area contributed by atoms with Gasteiger partial charge in [-0.1, -0.05) is 42.5 Å². The SMILES string of the molecule is CCOC(=O)C(C)/C(C)=N/NC(=O)COc1ccc(-c2ccccc2)cc1. The lowest BCUT2D eigenvalue weighted by molar-refractivity contribution is -0.145. The maximum absolute atomic E-state index is 11.9. The molecule has 0 radical (unpaired) electrons. The molecular formula is C21H24N2O4. The fourth-order valence-corrected chi connectivity index (χ4v) is 2.24. The first-order valence-corrected chi connectivity index (χ1v) is 8.79. The minimum Gasteiger partial charge on any atom is -0.484 e. The van der Waals surface area contributed by atoms with Crippen LogP contribution >= 0.6 is 0 Å². The van der Waals surface area contributed by atoms with E-state index in [0.29, 0.717) is 18.1 Å². The summed E-state index contributed by atoms with van der Waals surface area (Å²) >= 11 is 0. The number of hydrazone groups is 1. The molecule has 0 bridgehead atoms. The van der Waals surface area contributed by atoms with Crippen LogP contribution in [0.2, 0.25) is 0 Å². The Kier molecular flexibility index (Phi) is 7.55. The van der Waals surface area contributed by atoms with Crippen molar-refractivity contribution in [3.8, 4) is 16.9 Å². The molecule has 0 saturated heterocycles. The summed E-state index contributed by atoms with van der Waals surface area (Å²) in [7, 11) is 0. The van der Waals surface area contributed by atoms with Crippen LogP contribution in [0.4, 0.5) is 0 Å². The Hall–Kier alpha value is -3.15. The number of nitrogens with zero attached hydrogens (tertiary/aromatic N) is 1. The molecule has 2 aromatic rings. The second-order valence-corrected chi connectivity index (χ2v) is 5.94. The Morgan fingerprint density at radius 3 is 2.30 bits per heavy atom. The summed E-state index contributed by atoms with van der Waals surface area (Å²) in [5.74, 6) is -0.706. The van der Waals surface area contributed by atoms with Crippen molar-refractivity contribution in [2.75, 3.05) is 13.2 Å². The van der Waals surface area contributed by atoms with Gasteiger partial charge in [0.2, 0.25) is 0 Å². The molecule has 0 heterocycles. The molecule has 0 spiro atoms. The minimum atomic E-state index is -0.517. The van der Waals surface area contributed by atoms with Gasteiger partial charge in [0, 0.05) is 5.71 Å². The average Bonchev–Trinajstić information content (AvgIpc) is 2.71. The molecule has 6 nitrogen and oxygen atoms in total. The van der Waals surface area contributed by atoms with E-state index in [2.05, 4.69) is 10.5 Å². The number of benzene rings is 2. The highest BCUT2D eigenvalue weighted by molar-refractivity contribution is 6.00. The summed E-state index contributed by atoms with van der Waals surface area (Å²) in [4.78, 5) is 23.5. The quantitative estimate of drug-likeness (QED) is 0.440. The number of hydrogen-bond acceptors (Lipinski definition) is 5. The summed E-state index contributed by atoms with van der Waals surface area (Å²) in [5, 5.41) is 3.93. The first-order chi connectivity index (χ1) is 13.0. The van der Waals surface area contributed by atoms with E-state index in [1.54, 1.807) is 20.8 Å². The van der Waals surface area contributed by atoms with Gasteiger partial charge in [-0.3, -0.25) is 9.59 Å². The van der Waals surface area contributed by atoms with Crippen LogP contribution in [0.3, 0.4) is 0 Å². The van der Waals surface area contributed by atoms with Gasteiger partial charge in [0.15, 0.2) is 6.61 Å². The number of carbonyl (C=O) groups is 2. The third kappa shape index (κ3) is 6.26. The Morgan fingerprint density at radius 1 is 1.04 bits per heavy atom. The van der Waals surface area contributed by atoms with Crippen LogP contribution in [0.5, 0.6) is 5.75 Å². The molecule has 0 aliphatic heterocycles. The highest BCUT2D eigenvalue weighted by Gasteiger charge is 2.17. The van der Waals surface area contributed by atoms with Gasteiger partial charge in [0.1, 0.15) is 5.75 Å². The number of hydrogen-bond donors (Lipinski definition) is 1. The van der Waals surface area contributed by atoms with E-state index in [4.69, 9.17) is 9.47 Å². The van der Waals surface area contributed by atoms with Crippen LogP contribution in [0.1, 0.15) is 20.8 Å². The number of carbonyl (C=O) groups excluding carboxylic acids is 2. The van der Waals surface area contributed by atoms with Crippen molar-refractivity contribution in [1.29, 1.82) is 0 Å². The van der Waals surface area contributed by atoms with E-state index < -0.39 is 11.8 Å². The Bertz CT molecular complexity index is 786. The second-order valence-electron chi connectivity index (χ2n) is 5.94. The van der Waals surface area contributed by atoms with Crippen molar-refractivity contribution in [1.82, 2.24) is 5.43 Å². The highest BCUT2D eigenvalue weighted by atomic mass is 16.5. The normalized spacial score (nSPS) is 12.2. The monoisotopic (exact) mass is 368 g/mol. The van der Waals surface area contributed by atoms with Gasteiger partial charge >= 0.3 is 5.97 Å². The first-order valence-electron chi connectivity index (χ1n) is 8.79. The van der Waals surface area contributed by atoms with Crippen LogP contribution < -0.4 is 10.2 Å². The van der Waals surface area contributed by atoms with E-state index >= 15 is 0 Å². The molecule has 1 amide bonds. The molecule has 1 atom stereocenters. The molecule has 6 heteroatoms. The van der Waals surface area contributed by atoms with E-state index in [1.807, 2.05) is 54.6 Å². The van der Waals surface area contributed by atoms with E-state index in [9.17, 15) is 9.59 Å². The largest absolute Gasteiger partial charge is 0.484 e. The van der Waals surface area contributed by atoms with Gasteiger partial charge < -0.3 is 9.47 Å². The van der Waals surface area contributed by atoms with E-state index in [-0.39, 0.29) is 12.6 Å². The average molecular weight is 368 g/mol.